The molecule has 0 fully saturated rings. The molecule has 0 unspecified atom stereocenters. The summed E-state index contributed by atoms with van der Waals surface area (Å²) in [4.78, 5) is 25.0. The number of nitrogens with zero attached hydrogens (tertiary/aromatic N) is 5. The fourth-order valence-electron chi connectivity index (χ4n) is 3.73. The minimum atomic E-state index is -3.89. The monoisotopic (exact) mass is 487 g/mol. The average Bonchev–Trinajstić information content (AvgIpc) is 3.26. The number of carbonyl (C=O) groups excluding carboxylic acids is 1. The van der Waals surface area contributed by atoms with Crippen LogP contribution in [0.3, 0.4) is 0 Å². The van der Waals surface area contributed by atoms with Crippen LogP contribution in [0.2, 0.25) is 0 Å². The number of rotatable bonds is 7. The predicted octanol–water partition coefficient (Wildman–Crippen LogP) is 2.11. The molecule has 178 valence electrons. The minimum absolute atomic E-state index is 0.210. The average molecular weight is 488 g/mol. The Morgan fingerprint density at radius 1 is 1.12 bits per heavy atom. The molecule has 2 aromatic carbocycles. The SMILES string of the molecule is CCN(CC)S(=O)(=O)c1ccc(F)c(C(=O)OCc2nnc3n(C)c(=O)c4ccccc4n23)c1. The van der Waals surface area contributed by atoms with Crippen LogP contribution in [0.25, 0.3) is 16.7 Å². The Bertz CT molecular complexity index is 1570. The summed E-state index contributed by atoms with van der Waals surface area (Å²) in [5.41, 5.74) is -0.248. The van der Waals surface area contributed by atoms with Crippen LogP contribution in [0.5, 0.6) is 0 Å². The van der Waals surface area contributed by atoms with Gasteiger partial charge in [0.15, 0.2) is 12.4 Å². The zero-order valence-electron chi connectivity index (χ0n) is 18.7. The fraction of sp³-hybridized carbons (Fsp3) is 0.273. The van der Waals surface area contributed by atoms with Gasteiger partial charge in [-0.25, -0.2) is 17.6 Å². The summed E-state index contributed by atoms with van der Waals surface area (Å²) >= 11 is 0. The Hall–Kier alpha value is -3.64. The lowest BCUT2D eigenvalue weighted by Crippen LogP contribution is -2.30. The number of aryl methyl sites for hydroxylation is 1. The van der Waals surface area contributed by atoms with Crippen LogP contribution in [0.15, 0.2) is 52.2 Å². The summed E-state index contributed by atoms with van der Waals surface area (Å²) in [6.07, 6.45) is 0. The van der Waals surface area contributed by atoms with Crippen molar-refractivity contribution >= 4 is 32.7 Å². The Labute approximate surface area is 194 Å². The summed E-state index contributed by atoms with van der Waals surface area (Å²) in [6.45, 7) is 3.44. The molecule has 0 aliphatic heterocycles. The number of fused-ring (bicyclic) bond motifs is 3. The molecule has 0 aliphatic rings. The van der Waals surface area contributed by atoms with E-state index >= 15 is 0 Å². The van der Waals surface area contributed by atoms with Gasteiger partial charge in [0.2, 0.25) is 15.8 Å². The molecule has 2 heterocycles. The lowest BCUT2D eigenvalue weighted by molar-refractivity contribution is 0.0455. The van der Waals surface area contributed by atoms with Gasteiger partial charge in [-0.3, -0.25) is 13.8 Å². The molecule has 0 spiro atoms. The van der Waals surface area contributed by atoms with Gasteiger partial charge in [0.1, 0.15) is 5.82 Å². The van der Waals surface area contributed by atoms with Crippen molar-refractivity contribution in [3.05, 3.63) is 70.0 Å². The lowest BCUT2D eigenvalue weighted by Gasteiger charge is -2.18. The Morgan fingerprint density at radius 3 is 2.53 bits per heavy atom. The van der Waals surface area contributed by atoms with Crippen molar-refractivity contribution in [2.45, 2.75) is 25.3 Å². The number of esters is 1. The topological polar surface area (TPSA) is 116 Å². The number of halogens is 1. The third-order valence-corrected chi connectivity index (χ3v) is 7.57. The van der Waals surface area contributed by atoms with E-state index in [0.29, 0.717) is 10.9 Å². The first-order chi connectivity index (χ1) is 16.2. The first-order valence-corrected chi connectivity index (χ1v) is 11.9. The molecular formula is C22H22FN5O5S. The largest absolute Gasteiger partial charge is 0.454 e. The summed E-state index contributed by atoms with van der Waals surface area (Å²) in [7, 11) is -2.35. The van der Waals surface area contributed by atoms with Crippen molar-refractivity contribution in [2.75, 3.05) is 13.1 Å². The fourth-order valence-corrected chi connectivity index (χ4v) is 5.21. The number of hydrogen-bond acceptors (Lipinski definition) is 7. The van der Waals surface area contributed by atoms with E-state index < -0.39 is 27.4 Å². The van der Waals surface area contributed by atoms with Gasteiger partial charge in [-0.2, -0.15) is 4.31 Å². The molecule has 0 N–H and O–H groups in total. The lowest BCUT2D eigenvalue weighted by atomic mass is 10.2. The second-order valence-corrected chi connectivity index (χ2v) is 9.38. The van der Waals surface area contributed by atoms with Crippen LogP contribution >= 0.6 is 0 Å². The summed E-state index contributed by atoms with van der Waals surface area (Å²) < 4.78 is 49.3. The van der Waals surface area contributed by atoms with Gasteiger partial charge >= 0.3 is 5.97 Å². The minimum Gasteiger partial charge on any atom is -0.454 e. The molecule has 0 saturated carbocycles. The van der Waals surface area contributed by atoms with Crippen molar-refractivity contribution in [3.8, 4) is 0 Å². The van der Waals surface area contributed by atoms with E-state index in [0.717, 1.165) is 18.2 Å². The van der Waals surface area contributed by atoms with Crippen LogP contribution in [-0.2, 0) is 28.4 Å². The Balaban J connectivity index is 1.67. The Morgan fingerprint density at radius 2 is 1.82 bits per heavy atom. The smallest absolute Gasteiger partial charge is 0.341 e. The summed E-state index contributed by atoms with van der Waals surface area (Å²) in [6, 6.07) is 9.83. The maximum absolute atomic E-state index is 14.4. The van der Waals surface area contributed by atoms with E-state index in [1.54, 1.807) is 49.6 Å². The molecule has 2 aromatic heterocycles. The highest BCUT2D eigenvalue weighted by Gasteiger charge is 2.25. The molecule has 0 radical (unpaired) electrons. The van der Waals surface area contributed by atoms with E-state index in [-0.39, 0.29) is 41.8 Å². The van der Waals surface area contributed by atoms with E-state index in [1.165, 1.54) is 8.87 Å². The molecule has 0 saturated heterocycles. The van der Waals surface area contributed by atoms with Crippen LogP contribution < -0.4 is 5.56 Å². The van der Waals surface area contributed by atoms with Crippen molar-refractivity contribution in [3.63, 3.8) is 0 Å². The first-order valence-electron chi connectivity index (χ1n) is 10.5. The number of sulfonamides is 1. The molecule has 0 bridgehead atoms. The van der Waals surface area contributed by atoms with Gasteiger partial charge < -0.3 is 4.74 Å². The van der Waals surface area contributed by atoms with Gasteiger partial charge in [0.25, 0.3) is 5.56 Å². The molecule has 34 heavy (non-hydrogen) atoms. The Kier molecular flexibility index (Phi) is 6.19. The van der Waals surface area contributed by atoms with E-state index in [4.69, 9.17) is 4.74 Å². The van der Waals surface area contributed by atoms with Crippen molar-refractivity contribution < 1.29 is 22.3 Å². The third kappa shape index (κ3) is 3.84. The highest BCUT2D eigenvalue weighted by Crippen LogP contribution is 2.21. The molecule has 4 aromatic rings. The van der Waals surface area contributed by atoms with Gasteiger partial charge in [0.05, 0.1) is 21.4 Å². The molecule has 4 rings (SSSR count). The second kappa shape index (κ2) is 8.95. The summed E-state index contributed by atoms with van der Waals surface area (Å²) in [5.74, 6) is -1.52. The molecular weight excluding hydrogens is 465 g/mol. The molecule has 0 atom stereocenters. The van der Waals surface area contributed by atoms with E-state index in [1.807, 2.05) is 0 Å². The zero-order chi connectivity index (χ0) is 24.6. The third-order valence-electron chi connectivity index (χ3n) is 5.53. The number of ether oxygens (including phenoxy) is 1. The van der Waals surface area contributed by atoms with Crippen LogP contribution in [0.1, 0.15) is 30.0 Å². The van der Waals surface area contributed by atoms with E-state index in [9.17, 15) is 22.4 Å². The number of aromatic nitrogens is 4. The number of hydrogen-bond donors (Lipinski definition) is 0. The normalized spacial score (nSPS) is 12.0. The van der Waals surface area contributed by atoms with Gasteiger partial charge in [-0.15, -0.1) is 10.2 Å². The number of benzene rings is 2. The molecule has 0 amide bonds. The van der Waals surface area contributed by atoms with E-state index in [2.05, 4.69) is 10.2 Å². The molecule has 10 nitrogen and oxygen atoms in total. The molecule has 12 heteroatoms. The van der Waals surface area contributed by atoms with Crippen LogP contribution in [0, 0.1) is 5.82 Å². The van der Waals surface area contributed by atoms with Gasteiger partial charge in [-0.1, -0.05) is 26.0 Å². The highest BCUT2D eigenvalue weighted by atomic mass is 32.2. The second-order valence-electron chi connectivity index (χ2n) is 7.44. The van der Waals surface area contributed by atoms with Crippen molar-refractivity contribution in [2.24, 2.45) is 7.05 Å². The quantitative estimate of drug-likeness (QED) is 0.367. The van der Waals surface area contributed by atoms with Crippen LogP contribution in [0.4, 0.5) is 4.39 Å². The summed E-state index contributed by atoms with van der Waals surface area (Å²) in [5, 5.41) is 8.45. The first kappa shape index (κ1) is 23.5. The van der Waals surface area contributed by atoms with Gasteiger partial charge in [-0.05, 0) is 30.3 Å². The van der Waals surface area contributed by atoms with Gasteiger partial charge in [0, 0.05) is 20.1 Å². The predicted molar refractivity (Wildman–Crippen MR) is 121 cm³/mol. The van der Waals surface area contributed by atoms with Crippen LogP contribution in [-0.4, -0.2) is 50.9 Å². The standard InChI is InChI=1S/C22H22FN5O5S/c1-4-27(5-2)34(31,32)14-10-11-17(23)16(12-14)21(30)33-13-19-24-25-22-26(3)20(29)15-8-6-7-9-18(15)28(19)22/h6-12H,4-5,13H2,1-3H3. The highest BCUT2D eigenvalue weighted by molar-refractivity contribution is 7.89. The molecule has 0 aliphatic carbocycles. The van der Waals surface area contributed by atoms with Crippen molar-refractivity contribution in [1.82, 2.24) is 23.5 Å². The maximum Gasteiger partial charge on any atom is 0.341 e. The zero-order valence-corrected chi connectivity index (χ0v) is 19.5. The van der Waals surface area contributed by atoms with Crippen molar-refractivity contribution in [1.29, 1.82) is 0 Å². The maximum atomic E-state index is 14.4. The number of para-hydroxylation sites is 1. The number of carbonyl (C=O) groups is 1.